The van der Waals surface area contributed by atoms with Crippen LogP contribution in [0.5, 0.6) is 0 Å². The van der Waals surface area contributed by atoms with Crippen LogP contribution in [0.3, 0.4) is 0 Å². The van der Waals surface area contributed by atoms with Crippen molar-refractivity contribution in [1.29, 1.82) is 0 Å². The topological polar surface area (TPSA) is 42.7 Å². The lowest BCUT2D eigenvalue weighted by molar-refractivity contribution is 0.444. The Morgan fingerprint density at radius 2 is 2.00 bits per heavy atom. The van der Waals surface area contributed by atoms with Crippen LogP contribution in [-0.4, -0.2) is 20.8 Å². The molecule has 2 aromatic heterocycles. The fourth-order valence-electron chi connectivity index (χ4n) is 2.19. The first-order valence-corrected chi connectivity index (χ1v) is 6.70. The van der Waals surface area contributed by atoms with Gasteiger partial charge in [0.05, 0.1) is 12.2 Å². The lowest BCUT2D eigenvalue weighted by atomic mass is 10.2. The van der Waals surface area contributed by atoms with Crippen LogP contribution in [0.2, 0.25) is 0 Å². The first-order chi connectivity index (χ1) is 9.04. The summed E-state index contributed by atoms with van der Waals surface area (Å²) >= 11 is 0. The number of aryl methyl sites for hydroxylation is 3. The van der Waals surface area contributed by atoms with Crippen LogP contribution in [0.1, 0.15) is 29.6 Å². The minimum Gasteiger partial charge on any atom is -0.308 e. The third-order valence-electron chi connectivity index (χ3n) is 3.17. The number of hydrogen-bond acceptors (Lipinski definition) is 3. The highest BCUT2D eigenvalue weighted by atomic mass is 15.3. The highest BCUT2D eigenvalue weighted by Gasteiger charge is 2.06. The van der Waals surface area contributed by atoms with Crippen molar-refractivity contribution >= 4 is 0 Å². The van der Waals surface area contributed by atoms with Crippen LogP contribution in [0, 0.1) is 20.8 Å². The van der Waals surface area contributed by atoms with Gasteiger partial charge in [0, 0.05) is 30.2 Å². The van der Waals surface area contributed by atoms with Crippen LogP contribution < -0.4 is 5.32 Å². The van der Waals surface area contributed by atoms with E-state index in [1.807, 2.05) is 20.0 Å². The maximum Gasteiger partial charge on any atom is 0.0596 e. The SMILES string of the molecule is Cc1cc(CNC(C)Cn2nc(C)cc2C)ccn1. The van der Waals surface area contributed by atoms with Crippen molar-refractivity contribution in [2.45, 2.75) is 46.8 Å². The molecule has 0 spiro atoms. The summed E-state index contributed by atoms with van der Waals surface area (Å²) in [5, 5.41) is 8.01. The predicted molar refractivity (Wildman–Crippen MR) is 77.0 cm³/mol. The van der Waals surface area contributed by atoms with E-state index < -0.39 is 0 Å². The van der Waals surface area contributed by atoms with Crippen LogP contribution in [0.25, 0.3) is 0 Å². The quantitative estimate of drug-likeness (QED) is 0.895. The Balaban J connectivity index is 1.88. The van der Waals surface area contributed by atoms with Gasteiger partial charge in [-0.05, 0) is 51.5 Å². The van der Waals surface area contributed by atoms with Gasteiger partial charge >= 0.3 is 0 Å². The number of nitrogens with one attached hydrogen (secondary N) is 1. The molecule has 2 heterocycles. The van der Waals surface area contributed by atoms with E-state index in [2.05, 4.69) is 52.1 Å². The summed E-state index contributed by atoms with van der Waals surface area (Å²) in [7, 11) is 0. The summed E-state index contributed by atoms with van der Waals surface area (Å²) < 4.78 is 2.06. The minimum absolute atomic E-state index is 0.381. The van der Waals surface area contributed by atoms with Crippen molar-refractivity contribution in [2.75, 3.05) is 0 Å². The van der Waals surface area contributed by atoms with Crippen molar-refractivity contribution in [1.82, 2.24) is 20.1 Å². The third-order valence-corrected chi connectivity index (χ3v) is 3.17. The molecule has 0 aliphatic carbocycles. The molecule has 0 fully saturated rings. The predicted octanol–water partition coefficient (Wildman–Crippen LogP) is 2.38. The molecule has 0 aliphatic rings. The summed E-state index contributed by atoms with van der Waals surface area (Å²) in [6.45, 7) is 10.1. The Morgan fingerprint density at radius 1 is 1.21 bits per heavy atom. The zero-order chi connectivity index (χ0) is 13.8. The molecular formula is C15H22N4. The number of pyridine rings is 1. The Kier molecular flexibility index (Phi) is 4.32. The van der Waals surface area contributed by atoms with Gasteiger partial charge in [-0.1, -0.05) is 0 Å². The lowest BCUT2D eigenvalue weighted by Crippen LogP contribution is -2.30. The van der Waals surface area contributed by atoms with Gasteiger partial charge in [-0.2, -0.15) is 5.10 Å². The Labute approximate surface area is 114 Å². The minimum atomic E-state index is 0.381. The monoisotopic (exact) mass is 258 g/mol. The lowest BCUT2D eigenvalue weighted by Gasteiger charge is -2.15. The van der Waals surface area contributed by atoms with Gasteiger partial charge in [-0.3, -0.25) is 9.67 Å². The van der Waals surface area contributed by atoms with E-state index in [1.165, 1.54) is 11.3 Å². The largest absolute Gasteiger partial charge is 0.308 e. The summed E-state index contributed by atoms with van der Waals surface area (Å²) in [5.74, 6) is 0. The standard InChI is InChI=1S/C15H22N4/c1-11-8-15(5-6-16-11)9-17-13(3)10-19-14(4)7-12(2)18-19/h5-8,13,17H,9-10H2,1-4H3. The average molecular weight is 258 g/mol. The first kappa shape index (κ1) is 13.7. The molecule has 0 aliphatic heterocycles. The molecule has 1 atom stereocenters. The fourth-order valence-corrected chi connectivity index (χ4v) is 2.19. The molecule has 0 aromatic carbocycles. The van der Waals surface area contributed by atoms with E-state index >= 15 is 0 Å². The summed E-state index contributed by atoms with van der Waals surface area (Å²) in [5.41, 5.74) is 4.62. The van der Waals surface area contributed by atoms with Crippen LogP contribution in [0.15, 0.2) is 24.4 Å². The van der Waals surface area contributed by atoms with E-state index in [1.54, 1.807) is 0 Å². The summed E-state index contributed by atoms with van der Waals surface area (Å²) in [6, 6.07) is 6.66. The fraction of sp³-hybridized carbons (Fsp3) is 0.467. The zero-order valence-corrected chi connectivity index (χ0v) is 12.1. The molecule has 0 saturated heterocycles. The van der Waals surface area contributed by atoms with E-state index in [0.717, 1.165) is 24.5 Å². The molecule has 0 amide bonds. The van der Waals surface area contributed by atoms with Gasteiger partial charge < -0.3 is 5.32 Å². The average Bonchev–Trinajstić information content (AvgIpc) is 2.65. The number of nitrogens with zero attached hydrogens (tertiary/aromatic N) is 3. The number of hydrogen-bond donors (Lipinski definition) is 1. The van der Waals surface area contributed by atoms with E-state index in [4.69, 9.17) is 0 Å². The van der Waals surface area contributed by atoms with E-state index in [0.29, 0.717) is 6.04 Å². The number of aromatic nitrogens is 3. The third kappa shape index (κ3) is 3.89. The van der Waals surface area contributed by atoms with Gasteiger partial charge in [0.1, 0.15) is 0 Å². The van der Waals surface area contributed by atoms with Crippen molar-refractivity contribution in [3.05, 3.63) is 47.0 Å². The highest BCUT2D eigenvalue weighted by molar-refractivity contribution is 5.15. The maximum absolute atomic E-state index is 4.49. The summed E-state index contributed by atoms with van der Waals surface area (Å²) in [4.78, 5) is 4.21. The molecule has 1 N–H and O–H groups in total. The Bertz CT molecular complexity index is 545. The van der Waals surface area contributed by atoms with Crippen molar-refractivity contribution in [3.8, 4) is 0 Å². The molecule has 0 saturated carbocycles. The van der Waals surface area contributed by atoms with E-state index in [9.17, 15) is 0 Å². The second kappa shape index (κ2) is 5.97. The smallest absolute Gasteiger partial charge is 0.0596 e. The molecule has 0 radical (unpaired) electrons. The second-order valence-corrected chi connectivity index (χ2v) is 5.20. The Morgan fingerprint density at radius 3 is 2.63 bits per heavy atom. The molecule has 2 rings (SSSR count). The van der Waals surface area contributed by atoms with Crippen LogP contribution >= 0.6 is 0 Å². The van der Waals surface area contributed by atoms with Gasteiger partial charge in [0.25, 0.3) is 0 Å². The molecule has 19 heavy (non-hydrogen) atoms. The first-order valence-electron chi connectivity index (χ1n) is 6.70. The van der Waals surface area contributed by atoms with Crippen molar-refractivity contribution in [2.24, 2.45) is 0 Å². The van der Waals surface area contributed by atoms with Crippen molar-refractivity contribution in [3.63, 3.8) is 0 Å². The maximum atomic E-state index is 4.49. The van der Waals surface area contributed by atoms with Crippen LogP contribution in [-0.2, 0) is 13.1 Å². The normalized spacial score (nSPS) is 12.6. The van der Waals surface area contributed by atoms with Gasteiger partial charge in [0.15, 0.2) is 0 Å². The highest BCUT2D eigenvalue weighted by Crippen LogP contribution is 2.04. The molecule has 2 aromatic rings. The van der Waals surface area contributed by atoms with Crippen LogP contribution in [0.4, 0.5) is 0 Å². The number of rotatable bonds is 5. The Hall–Kier alpha value is -1.68. The summed E-state index contributed by atoms with van der Waals surface area (Å²) in [6.07, 6.45) is 1.86. The van der Waals surface area contributed by atoms with Gasteiger partial charge in [0.2, 0.25) is 0 Å². The van der Waals surface area contributed by atoms with Gasteiger partial charge in [-0.25, -0.2) is 0 Å². The molecule has 1 unspecified atom stereocenters. The van der Waals surface area contributed by atoms with E-state index in [-0.39, 0.29) is 0 Å². The second-order valence-electron chi connectivity index (χ2n) is 5.20. The molecule has 0 bridgehead atoms. The molecule has 4 heteroatoms. The zero-order valence-electron chi connectivity index (χ0n) is 12.1. The van der Waals surface area contributed by atoms with Crippen molar-refractivity contribution < 1.29 is 0 Å². The molecule has 102 valence electrons. The molecular weight excluding hydrogens is 236 g/mol. The molecule has 4 nitrogen and oxygen atoms in total. The van der Waals surface area contributed by atoms with Gasteiger partial charge in [-0.15, -0.1) is 0 Å².